The molecule has 0 spiro atoms. The first-order chi connectivity index (χ1) is 8.28. The molecule has 17 heavy (non-hydrogen) atoms. The van der Waals surface area contributed by atoms with Gasteiger partial charge in [0.25, 0.3) is 0 Å². The number of hydrogen-bond acceptors (Lipinski definition) is 3. The topological polar surface area (TPSA) is 38.5 Å². The average molecular weight is 234 g/mol. The molecule has 1 saturated heterocycles. The lowest BCUT2D eigenvalue weighted by Crippen LogP contribution is -2.42. The Balaban J connectivity index is 1.87. The quantitative estimate of drug-likeness (QED) is 0.859. The molecule has 3 heteroatoms. The number of morpholine rings is 1. The normalized spacial score (nSPS) is 21.6. The summed E-state index contributed by atoms with van der Waals surface area (Å²) in [5.74, 6) is 0. The van der Waals surface area contributed by atoms with Crippen molar-refractivity contribution in [2.75, 3.05) is 26.2 Å². The Bertz CT molecular complexity index is 335. The zero-order valence-electron chi connectivity index (χ0n) is 10.6. The third-order valence-electron chi connectivity index (χ3n) is 3.24. The maximum absolute atomic E-state index is 5.68. The van der Waals surface area contributed by atoms with Gasteiger partial charge in [0.15, 0.2) is 0 Å². The van der Waals surface area contributed by atoms with E-state index in [1.54, 1.807) is 0 Å². The number of hydrogen-bond donors (Lipinski definition) is 1. The molecule has 0 aromatic heterocycles. The third-order valence-corrected chi connectivity index (χ3v) is 3.24. The van der Waals surface area contributed by atoms with Gasteiger partial charge in [0.1, 0.15) is 0 Å². The number of rotatable bonds is 4. The SMILES string of the molecule is Cc1ccc(CN2CCOC(CCN)C2)cc1. The maximum Gasteiger partial charge on any atom is 0.0714 e. The highest BCUT2D eigenvalue weighted by molar-refractivity contribution is 5.21. The molecule has 0 saturated carbocycles. The average Bonchev–Trinajstić information content (AvgIpc) is 2.33. The molecule has 0 amide bonds. The molecule has 0 bridgehead atoms. The van der Waals surface area contributed by atoms with Crippen LogP contribution in [0, 0.1) is 6.92 Å². The maximum atomic E-state index is 5.68. The predicted octanol–water partition coefficient (Wildman–Crippen LogP) is 1.54. The summed E-state index contributed by atoms with van der Waals surface area (Å²) in [6.07, 6.45) is 1.28. The molecule has 1 aliphatic rings. The van der Waals surface area contributed by atoms with E-state index in [1.165, 1.54) is 11.1 Å². The molecule has 94 valence electrons. The summed E-state index contributed by atoms with van der Waals surface area (Å²) in [4.78, 5) is 2.45. The van der Waals surface area contributed by atoms with Crippen molar-refractivity contribution in [3.8, 4) is 0 Å². The van der Waals surface area contributed by atoms with Crippen LogP contribution in [0.1, 0.15) is 17.5 Å². The lowest BCUT2D eigenvalue weighted by Gasteiger charge is -2.32. The molecule has 1 atom stereocenters. The minimum absolute atomic E-state index is 0.319. The number of benzene rings is 1. The van der Waals surface area contributed by atoms with Gasteiger partial charge in [0.2, 0.25) is 0 Å². The van der Waals surface area contributed by atoms with Crippen LogP contribution in [0.15, 0.2) is 24.3 Å². The zero-order chi connectivity index (χ0) is 12.1. The molecule has 1 fully saturated rings. The first-order valence-electron chi connectivity index (χ1n) is 6.37. The number of aryl methyl sites for hydroxylation is 1. The predicted molar refractivity (Wildman–Crippen MR) is 69.9 cm³/mol. The van der Waals surface area contributed by atoms with Crippen molar-refractivity contribution in [3.63, 3.8) is 0 Å². The van der Waals surface area contributed by atoms with Gasteiger partial charge in [-0.25, -0.2) is 0 Å². The van der Waals surface area contributed by atoms with Crippen LogP contribution in [0.3, 0.4) is 0 Å². The molecule has 1 aliphatic heterocycles. The largest absolute Gasteiger partial charge is 0.376 e. The van der Waals surface area contributed by atoms with Gasteiger partial charge in [-0.1, -0.05) is 29.8 Å². The van der Waals surface area contributed by atoms with E-state index in [4.69, 9.17) is 10.5 Å². The molecule has 1 aromatic carbocycles. The number of nitrogens with zero attached hydrogens (tertiary/aromatic N) is 1. The third kappa shape index (κ3) is 3.80. The Morgan fingerprint density at radius 3 is 2.82 bits per heavy atom. The van der Waals surface area contributed by atoms with E-state index in [1.807, 2.05) is 0 Å². The molecule has 0 aliphatic carbocycles. The van der Waals surface area contributed by atoms with Crippen LogP contribution in [-0.2, 0) is 11.3 Å². The van der Waals surface area contributed by atoms with Crippen molar-refractivity contribution >= 4 is 0 Å². The molecule has 3 nitrogen and oxygen atoms in total. The summed E-state index contributed by atoms with van der Waals surface area (Å²) >= 11 is 0. The van der Waals surface area contributed by atoms with Crippen LogP contribution in [0.4, 0.5) is 0 Å². The molecule has 0 radical (unpaired) electrons. The van der Waals surface area contributed by atoms with Gasteiger partial charge in [-0.15, -0.1) is 0 Å². The van der Waals surface area contributed by atoms with Crippen molar-refractivity contribution in [2.24, 2.45) is 5.73 Å². The summed E-state index contributed by atoms with van der Waals surface area (Å²) in [7, 11) is 0. The molecular weight excluding hydrogens is 212 g/mol. The first kappa shape index (κ1) is 12.6. The summed E-state index contributed by atoms with van der Waals surface area (Å²) < 4.78 is 5.68. The zero-order valence-corrected chi connectivity index (χ0v) is 10.6. The molecule has 1 heterocycles. The Kier molecular flexibility index (Phi) is 4.54. The van der Waals surface area contributed by atoms with Crippen molar-refractivity contribution in [2.45, 2.75) is 26.0 Å². The van der Waals surface area contributed by atoms with Gasteiger partial charge in [0.05, 0.1) is 12.7 Å². The lowest BCUT2D eigenvalue weighted by molar-refractivity contribution is -0.0335. The Morgan fingerprint density at radius 1 is 1.35 bits per heavy atom. The van der Waals surface area contributed by atoms with Crippen LogP contribution in [-0.4, -0.2) is 37.2 Å². The highest BCUT2D eigenvalue weighted by atomic mass is 16.5. The smallest absolute Gasteiger partial charge is 0.0714 e. The van der Waals surface area contributed by atoms with E-state index in [0.717, 1.165) is 32.7 Å². The van der Waals surface area contributed by atoms with Crippen LogP contribution in [0.25, 0.3) is 0 Å². The number of ether oxygens (including phenoxy) is 1. The van der Waals surface area contributed by atoms with Crippen molar-refractivity contribution in [1.29, 1.82) is 0 Å². The van der Waals surface area contributed by atoms with Crippen LogP contribution >= 0.6 is 0 Å². The second-order valence-electron chi connectivity index (χ2n) is 4.79. The van der Waals surface area contributed by atoms with Gasteiger partial charge >= 0.3 is 0 Å². The summed E-state index contributed by atoms with van der Waals surface area (Å²) in [5.41, 5.74) is 8.27. The Labute approximate surface area is 104 Å². The molecule has 2 rings (SSSR count). The van der Waals surface area contributed by atoms with Crippen LogP contribution in [0.5, 0.6) is 0 Å². The molecule has 1 unspecified atom stereocenters. The summed E-state index contributed by atoms with van der Waals surface area (Å²) in [6, 6.07) is 8.77. The number of nitrogens with two attached hydrogens (primary N) is 1. The van der Waals surface area contributed by atoms with Gasteiger partial charge in [-0.3, -0.25) is 4.90 Å². The molecular formula is C14H22N2O. The van der Waals surface area contributed by atoms with E-state index in [-0.39, 0.29) is 0 Å². The minimum atomic E-state index is 0.319. The van der Waals surface area contributed by atoms with Crippen molar-refractivity contribution < 1.29 is 4.74 Å². The van der Waals surface area contributed by atoms with Gasteiger partial charge in [-0.2, -0.15) is 0 Å². The highest BCUT2D eigenvalue weighted by Crippen LogP contribution is 2.12. The monoisotopic (exact) mass is 234 g/mol. The Hall–Kier alpha value is -0.900. The minimum Gasteiger partial charge on any atom is -0.376 e. The van der Waals surface area contributed by atoms with E-state index < -0.39 is 0 Å². The Morgan fingerprint density at radius 2 is 2.12 bits per heavy atom. The fraction of sp³-hybridized carbons (Fsp3) is 0.571. The fourth-order valence-corrected chi connectivity index (χ4v) is 2.24. The van der Waals surface area contributed by atoms with Gasteiger partial charge < -0.3 is 10.5 Å². The van der Waals surface area contributed by atoms with Gasteiger partial charge in [0, 0.05) is 19.6 Å². The fourth-order valence-electron chi connectivity index (χ4n) is 2.24. The summed E-state index contributed by atoms with van der Waals surface area (Å²) in [6.45, 7) is 6.71. The van der Waals surface area contributed by atoms with E-state index in [9.17, 15) is 0 Å². The van der Waals surface area contributed by atoms with Crippen LogP contribution < -0.4 is 5.73 Å². The second-order valence-corrected chi connectivity index (χ2v) is 4.79. The van der Waals surface area contributed by atoms with Crippen molar-refractivity contribution in [3.05, 3.63) is 35.4 Å². The lowest BCUT2D eigenvalue weighted by atomic mass is 10.1. The van der Waals surface area contributed by atoms with Crippen LogP contribution in [0.2, 0.25) is 0 Å². The highest BCUT2D eigenvalue weighted by Gasteiger charge is 2.19. The van der Waals surface area contributed by atoms with E-state index in [0.29, 0.717) is 12.6 Å². The first-order valence-corrected chi connectivity index (χ1v) is 6.37. The van der Waals surface area contributed by atoms with E-state index in [2.05, 4.69) is 36.1 Å². The summed E-state index contributed by atoms with van der Waals surface area (Å²) in [5, 5.41) is 0. The molecule has 2 N–H and O–H groups in total. The standard InChI is InChI=1S/C14H22N2O/c1-12-2-4-13(5-3-12)10-16-8-9-17-14(11-16)6-7-15/h2-5,14H,6-11,15H2,1H3. The van der Waals surface area contributed by atoms with Crippen molar-refractivity contribution in [1.82, 2.24) is 4.90 Å². The van der Waals surface area contributed by atoms with E-state index >= 15 is 0 Å². The van der Waals surface area contributed by atoms with Gasteiger partial charge in [-0.05, 0) is 25.5 Å². The molecule has 1 aromatic rings. The second kappa shape index (κ2) is 6.15.